The zero-order valence-corrected chi connectivity index (χ0v) is 20.1. The minimum absolute atomic E-state index is 0.0399. The number of carbonyl (C=O) groups excluding carboxylic acids is 2. The molecular weight excluding hydrogens is 434 g/mol. The Hall–Kier alpha value is -2.81. The van der Waals surface area contributed by atoms with Crippen molar-refractivity contribution in [3.63, 3.8) is 0 Å². The molecule has 3 aromatic rings. The van der Waals surface area contributed by atoms with Crippen LogP contribution in [0.5, 0.6) is 0 Å². The third-order valence-electron chi connectivity index (χ3n) is 6.74. The normalized spacial score (nSPS) is 19.8. The zero-order chi connectivity index (χ0) is 23.2. The third-order valence-corrected chi connectivity index (χ3v) is 7.76. The van der Waals surface area contributed by atoms with Crippen molar-refractivity contribution in [1.82, 2.24) is 14.8 Å². The second-order valence-corrected chi connectivity index (χ2v) is 10.4. The molecule has 1 atom stereocenters. The molecule has 2 aliphatic heterocycles. The van der Waals surface area contributed by atoms with Crippen LogP contribution in [0, 0.1) is 0 Å². The van der Waals surface area contributed by atoms with Crippen molar-refractivity contribution in [1.29, 1.82) is 0 Å². The summed E-state index contributed by atoms with van der Waals surface area (Å²) in [4.78, 5) is 37.5. The van der Waals surface area contributed by atoms with E-state index in [1.165, 1.54) is 4.70 Å². The number of hydrogen-bond donors (Lipinski definition) is 1. The first-order valence-electron chi connectivity index (χ1n) is 11.4. The van der Waals surface area contributed by atoms with Crippen LogP contribution < -0.4 is 10.2 Å². The van der Waals surface area contributed by atoms with E-state index in [0.29, 0.717) is 5.69 Å². The van der Waals surface area contributed by atoms with E-state index in [9.17, 15) is 9.59 Å². The Morgan fingerprint density at radius 3 is 2.55 bits per heavy atom. The highest BCUT2D eigenvalue weighted by molar-refractivity contribution is 7.18. The van der Waals surface area contributed by atoms with Crippen molar-refractivity contribution in [2.45, 2.75) is 38.9 Å². The van der Waals surface area contributed by atoms with Gasteiger partial charge in [0.1, 0.15) is 10.5 Å². The number of fused-ring (bicyclic) bond motifs is 2. The van der Waals surface area contributed by atoms with Crippen molar-refractivity contribution in [2.75, 3.05) is 36.4 Å². The van der Waals surface area contributed by atoms with E-state index in [0.717, 1.165) is 48.9 Å². The standard InChI is InChI=1S/C25H29N5O2S/c1-17(23(31)30-20-10-6-4-8-18(20)27-24(32)25(30,2)3)29-14-12-28(13-15-29)16-22-26-19-9-5-7-11-21(19)33-22/h4-11,17H,12-16H2,1-3H3,(H,27,32). The van der Waals surface area contributed by atoms with E-state index in [4.69, 9.17) is 4.98 Å². The summed E-state index contributed by atoms with van der Waals surface area (Å²) in [7, 11) is 0. The topological polar surface area (TPSA) is 68.8 Å². The van der Waals surface area contributed by atoms with Crippen LogP contribution in [0.3, 0.4) is 0 Å². The number of hydrogen-bond acceptors (Lipinski definition) is 6. The number of carbonyl (C=O) groups is 2. The summed E-state index contributed by atoms with van der Waals surface area (Å²) in [5.41, 5.74) is 1.55. The number of aromatic nitrogens is 1. The van der Waals surface area contributed by atoms with Crippen LogP contribution in [-0.2, 0) is 16.1 Å². The van der Waals surface area contributed by atoms with Gasteiger partial charge in [0.15, 0.2) is 0 Å². The molecule has 0 aliphatic carbocycles. The molecule has 33 heavy (non-hydrogen) atoms. The van der Waals surface area contributed by atoms with Gasteiger partial charge in [-0.2, -0.15) is 0 Å². The predicted molar refractivity (Wildman–Crippen MR) is 133 cm³/mol. The van der Waals surface area contributed by atoms with E-state index >= 15 is 0 Å². The van der Waals surface area contributed by atoms with Gasteiger partial charge in [-0.1, -0.05) is 24.3 Å². The molecule has 1 unspecified atom stereocenters. The molecule has 1 N–H and O–H groups in total. The lowest BCUT2D eigenvalue weighted by Gasteiger charge is -2.45. The summed E-state index contributed by atoms with van der Waals surface area (Å²) in [5.74, 6) is -0.204. The molecule has 0 saturated carbocycles. The maximum absolute atomic E-state index is 13.7. The van der Waals surface area contributed by atoms with Gasteiger partial charge in [-0.25, -0.2) is 4.98 Å². The van der Waals surface area contributed by atoms with Gasteiger partial charge in [-0.05, 0) is 45.0 Å². The molecule has 8 heteroatoms. The van der Waals surface area contributed by atoms with Gasteiger partial charge in [0.05, 0.1) is 34.2 Å². The molecule has 2 aliphatic rings. The molecule has 3 heterocycles. The fraction of sp³-hybridized carbons (Fsp3) is 0.400. The van der Waals surface area contributed by atoms with Crippen LogP contribution in [-0.4, -0.2) is 64.4 Å². The Balaban J connectivity index is 1.26. The van der Waals surface area contributed by atoms with Crippen molar-refractivity contribution >= 4 is 44.7 Å². The number of amides is 2. The average molecular weight is 464 g/mol. The molecule has 172 valence electrons. The fourth-order valence-corrected chi connectivity index (χ4v) is 5.69. The van der Waals surface area contributed by atoms with Crippen molar-refractivity contribution in [3.05, 3.63) is 53.5 Å². The molecule has 5 rings (SSSR count). The fourth-order valence-electron chi connectivity index (χ4n) is 4.68. The quantitative estimate of drug-likeness (QED) is 0.641. The van der Waals surface area contributed by atoms with Crippen LogP contribution in [0.4, 0.5) is 11.4 Å². The lowest BCUT2D eigenvalue weighted by atomic mass is 9.95. The van der Waals surface area contributed by atoms with E-state index in [1.54, 1.807) is 30.1 Å². The van der Waals surface area contributed by atoms with Crippen molar-refractivity contribution < 1.29 is 9.59 Å². The number of anilines is 2. The molecular formula is C25H29N5O2S. The number of rotatable bonds is 4. The Morgan fingerprint density at radius 2 is 1.79 bits per heavy atom. The molecule has 1 fully saturated rings. The van der Waals surface area contributed by atoms with Gasteiger partial charge < -0.3 is 5.32 Å². The number of thiazole rings is 1. The Labute approximate surface area is 198 Å². The first-order chi connectivity index (χ1) is 15.8. The van der Waals surface area contributed by atoms with Crippen LogP contribution >= 0.6 is 11.3 Å². The smallest absolute Gasteiger partial charge is 0.250 e. The highest BCUT2D eigenvalue weighted by Crippen LogP contribution is 2.37. The SMILES string of the molecule is CC(C(=O)N1c2ccccc2NC(=O)C1(C)C)N1CCN(Cc2nc3ccccc3s2)CC1. The highest BCUT2D eigenvalue weighted by Gasteiger charge is 2.45. The van der Waals surface area contributed by atoms with Crippen LogP contribution in [0.25, 0.3) is 10.2 Å². The van der Waals surface area contributed by atoms with Crippen LogP contribution in [0.15, 0.2) is 48.5 Å². The average Bonchev–Trinajstić information content (AvgIpc) is 3.22. The lowest BCUT2D eigenvalue weighted by Crippen LogP contribution is -2.63. The predicted octanol–water partition coefficient (Wildman–Crippen LogP) is 3.57. The second kappa shape index (κ2) is 8.52. The van der Waals surface area contributed by atoms with Gasteiger partial charge in [0, 0.05) is 26.2 Å². The molecule has 2 amide bonds. The molecule has 0 bridgehead atoms. The van der Waals surface area contributed by atoms with Gasteiger partial charge in [-0.3, -0.25) is 24.3 Å². The van der Waals surface area contributed by atoms with Crippen molar-refractivity contribution in [2.24, 2.45) is 0 Å². The number of para-hydroxylation sites is 3. The van der Waals surface area contributed by atoms with E-state index in [1.807, 2.05) is 43.3 Å². The Bertz CT molecular complexity index is 1170. The van der Waals surface area contributed by atoms with Gasteiger partial charge >= 0.3 is 0 Å². The first kappa shape index (κ1) is 22.0. The minimum Gasteiger partial charge on any atom is -0.322 e. The summed E-state index contributed by atoms with van der Waals surface area (Å²) in [5, 5.41) is 4.06. The number of benzene rings is 2. The number of nitrogens with one attached hydrogen (secondary N) is 1. The molecule has 1 saturated heterocycles. The summed E-state index contributed by atoms with van der Waals surface area (Å²) >= 11 is 1.75. The highest BCUT2D eigenvalue weighted by atomic mass is 32.1. The maximum atomic E-state index is 13.7. The van der Waals surface area contributed by atoms with Crippen LogP contribution in [0.2, 0.25) is 0 Å². The van der Waals surface area contributed by atoms with Gasteiger partial charge in [0.2, 0.25) is 11.8 Å². The Kier molecular flexibility index (Phi) is 5.68. The molecule has 0 spiro atoms. The third kappa shape index (κ3) is 4.03. The van der Waals surface area contributed by atoms with Gasteiger partial charge in [0.25, 0.3) is 0 Å². The summed E-state index contributed by atoms with van der Waals surface area (Å²) in [6.07, 6.45) is 0. The lowest BCUT2D eigenvalue weighted by molar-refractivity contribution is -0.129. The molecule has 0 radical (unpaired) electrons. The first-order valence-corrected chi connectivity index (χ1v) is 12.2. The zero-order valence-electron chi connectivity index (χ0n) is 19.2. The largest absolute Gasteiger partial charge is 0.322 e. The summed E-state index contributed by atoms with van der Waals surface area (Å²) < 4.78 is 1.22. The second-order valence-electron chi connectivity index (χ2n) is 9.27. The molecule has 1 aromatic heterocycles. The van der Waals surface area contributed by atoms with E-state index in [2.05, 4.69) is 27.2 Å². The Morgan fingerprint density at radius 1 is 1.09 bits per heavy atom. The summed E-state index contributed by atoms with van der Waals surface area (Å²) in [6.45, 7) is 9.78. The number of nitrogens with zero attached hydrogens (tertiary/aromatic N) is 4. The summed E-state index contributed by atoms with van der Waals surface area (Å²) in [6, 6.07) is 15.4. The van der Waals surface area contributed by atoms with Crippen LogP contribution in [0.1, 0.15) is 25.8 Å². The maximum Gasteiger partial charge on any atom is 0.250 e. The molecule has 2 aromatic carbocycles. The number of piperazine rings is 1. The van der Waals surface area contributed by atoms with Crippen molar-refractivity contribution in [3.8, 4) is 0 Å². The minimum atomic E-state index is -0.950. The monoisotopic (exact) mass is 463 g/mol. The molecule has 7 nitrogen and oxygen atoms in total. The van der Waals surface area contributed by atoms with Gasteiger partial charge in [-0.15, -0.1) is 11.3 Å². The van der Waals surface area contributed by atoms with E-state index < -0.39 is 5.54 Å². The van der Waals surface area contributed by atoms with E-state index in [-0.39, 0.29) is 17.9 Å².